The van der Waals surface area contributed by atoms with Crippen molar-refractivity contribution in [3.63, 3.8) is 0 Å². The SMILES string of the molecule is CCc1cc(-c2cnn(CC3(C)COC3)c2)ccc1N(C)c1cc2c(cn1)ncn2C. The van der Waals surface area contributed by atoms with E-state index in [9.17, 15) is 0 Å². The van der Waals surface area contributed by atoms with Gasteiger partial charge in [-0.3, -0.25) is 4.68 Å². The number of pyridine rings is 1. The molecule has 0 amide bonds. The van der Waals surface area contributed by atoms with Gasteiger partial charge in [0.2, 0.25) is 0 Å². The van der Waals surface area contributed by atoms with Crippen LogP contribution in [-0.2, 0) is 24.8 Å². The van der Waals surface area contributed by atoms with Gasteiger partial charge in [-0.2, -0.15) is 5.10 Å². The molecule has 0 N–H and O–H groups in total. The number of aromatic nitrogens is 5. The van der Waals surface area contributed by atoms with Crippen LogP contribution in [-0.4, -0.2) is 44.6 Å². The molecule has 160 valence electrons. The maximum atomic E-state index is 5.37. The smallest absolute Gasteiger partial charge is 0.134 e. The van der Waals surface area contributed by atoms with Crippen LogP contribution < -0.4 is 4.90 Å². The highest BCUT2D eigenvalue weighted by Gasteiger charge is 2.34. The van der Waals surface area contributed by atoms with E-state index >= 15 is 0 Å². The molecular weight excluding hydrogens is 388 g/mol. The van der Waals surface area contributed by atoms with Crippen molar-refractivity contribution in [3.05, 3.63) is 54.7 Å². The first-order chi connectivity index (χ1) is 15.0. The average Bonchev–Trinajstić information content (AvgIpc) is 3.38. The van der Waals surface area contributed by atoms with E-state index in [0.717, 1.165) is 54.3 Å². The molecule has 0 unspecified atom stereocenters. The van der Waals surface area contributed by atoms with Crippen LogP contribution in [0.25, 0.3) is 22.2 Å². The number of ether oxygens (including phenoxy) is 1. The largest absolute Gasteiger partial charge is 0.380 e. The minimum Gasteiger partial charge on any atom is -0.380 e. The summed E-state index contributed by atoms with van der Waals surface area (Å²) < 4.78 is 9.43. The molecule has 4 heterocycles. The maximum Gasteiger partial charge on any atom is 0.134 e. The third-order valence-corrected chi connectivity index (χ3v) is 6.17. The minimum atomic E-state index is 0.201. The number of hydrogen-bond acceptors (Lipinski definition) is 5. The Bertz CT molecular complexity index is 1240. The fourth-order valence-electron chi connectivity index (χ4n) is 4.23. The van der Waals surface area contributed by atoms with E-state index in [1.54, 1.807) is 0 Å². The number of nitrogens with zero attached hydrogens (tertiary/aromatic N) is 6. The number of fused-ring (bicyclic) bond motifs is 1. The van der Waals surface area contributed by atoms with Crippen LogP contribution in [0.4, 0.5) is 11.5 Å². The van der Waals surface area contributed by atoms with Crippen molar-refractivity contribution in [1.82, 2.24) is 24.3 Å². The van der Waals surface area contributed by atoms with Gasteiger partial charge in [0.1, 0.15) is 11.3 Å². The second-order valence-electron chi connectivity index (χ2n) is 8.87. The zero-order valence-corrected chi connectivity index (χ0v) is 18.5. The van der Waals surface area contributed by atoms with Crippen molar-refractivity contribution in [3.8, 4) is 11.1 Å². The van der Waals surface area contributed by atoms with Crippen LogP contribution in [0.3, 0.4) is 0 Å². The summed E-state index contributed by atoms with van der Waals surface area (Å²) in [6.45, 7) is 6.93. The summed E-state index contributed by atoms with van der Waals surface area (Å²) in [7, 11) is 4.07. The minimum absolute atomic E-state index is 0.201. The van der Waals surface area contributed by atoms with Gasteiger partial charge in [0, 0.05) is 43.0 Å². The van der Waals surface area contributed by atoms with Crippen LogP contribution in [0.1, 0.15) is 19.4 Å². The number of hydrogen-bond donors (Lipinski definition) is 0. The Hall–Kier alpha value is -3.19. The van der Waals surface area contributed by atoms with E-state index in [-0.39, 0.29) is 5.41 Å². The summed E-state index contributed by atoms with van der Waals surface area (Å²) in [6, 6.07) is 8.71. The predicted molar refractivity (Wildman–Crippen MR) is 123 cm³/mol. The van der Waals surface area contributed by atoms with Crippen molar-refractivity contribution < 1.29 is 4.74 Å². The van der Waals surface area contributed by atoms with Crippen molar-refractivity contribution in [1.29, 1.82) is 0 Å². The van der Waals surface area contributed by atoms with Crippen molar-refractivity contribution in [2.75, 3.05) is 25.2 Å². The lowest BCUT2D eigenvalue weighted by Gasteiger charge is -2.37. The number of anilines is 2. The van der Waals surface area contributed by atoms with Crippen LogP contribution in [0.15, 0.2) is 49.2 Å². The number of rotatable bonds is 6. The van der Waals surface area contributed by atoms with Gasteiger partial charge in [0.05, 0.1) is 44.0 Å². The van der Waals surface area contributed by atoms with E-state index in [1.807, 2.05) is 35.0 Å². The van der Waals surface area contributed by atoms with Gasteiger partial charge in [0.15, 0.2) is 0 Å². The van der Waals surface area contributed by atoms with Crippen molar-refractivity contribution in [2.24, 2.45) is 12.5 Å². The maximum absolute atomic E-state index is 5.37. The van der Waals surface area contributed by atoms with Gasteiger partial charge < -0.3 is 14.2 Å². The second kappa shape index (κ2) is 7.50. The molecule has 1 aliphatic heterocycles. The fraction of sp³-hybridized carbons (Fsp3) is 0.375. The Morgan fingerprint density at radius 3 is 2.71 bits per heavy atom. The van der Waals surface area contributed by atoms with Gasteiger partial charge >= 0.3 is 0 Å². The lowest BCUT2D eigenvalue weighted by molar-refractivity contribution is -0.111. The monoisotopic (exact) mass is 416 g/mol. The molecule has 1 saturated heterocycles. The van der Waals surface area contributed by atoms with Gasteiger partial charge in [-0.15, -0.1) is 0 Å². The molecule has 4 aromatic rings. The Balaban J connectivity index is 1.43. The first-order valence-corrected chi connectivity index (χ1v) is 10.7. The molecule has 5 rings (SSSR count). The number of benzene rings is 1. The number of aryl methyl sites for hydroxylation is 2. The zero-order chi connectivity index (χ0) is 21.6. The van der Waals surface area contributed by atoms with E-state index in [2.05, 4.69) is 71.3 Å². The topological polar surface area (TPSA) is 61.0 Å². The third-order valence-electron chi connectivity index (χ3n) is 6.17. The summed E-state index contributed by atoms with van der Waals surface area (Å²) in [5, 5.41) is 4.58. The van der Waals surface area contributed by atoms with E-state index < -0.39 is 0 Å². The molecule has 1 aromatic carbocycles. The molecular formula is C24H28N6O. The van der Waals surface area contributed by atoms with Gasteiger partial charge in [0.25, 0.3) is 0 Å². The molecule has 0 atom stereocenters. The summed E-state index contributed by atoms with van der Waals surface area (Å²) in [5.74, 6) is 0.905. The Morgan fingerprint density at radius 2 is 1.97 bits per heavy atom. The quantitative estimate of drug-likeness (QED) is 0.471. The van der Waals surface area contributed by atoms with Gasteiger partial charge in [-0.05, 0) is 29.7 Å². The molecule has 0 aliphatic carbocycles. The fourth-order valence-corrected chi connectivity index (χ4v) is 4.23. The molecule has 7 heteroatoms. The summed E-state index contributed by atoms with van der Waals surface area (Å²) in [4.78, 5) is 11.1. The molecule has 1 aliphatic rings. The Morgan fingerprint density at radius 1 is 1.13 bits per heavy atom. The lowest BCUT2D eigenvalue weighted by atomic mass is 9.89. The summed E-state index contributed by atoms with van der Waals surface area (Å²) in [6.07, 6.45) is 8.69. The average molecular weight is 417 g/mol. The molecule has 0 radical (unpaired) electrons. The van der Waals surface area contributed by atoms with Crippen molar-refractivity contribution in [2.45, 2.75) is 26.8 Å². The Labute approximate surface area is 182 Å². The number of imidazole rings is 1. The standard InChI is InChI=1S/C24H28N6O/c1-5-17-8-18(19-10-27-30(12-19)13-24(2)14-31-15-24)6-7-21(17)29(4)23-9-22-20(11-25-23)26-16-28(22)3/h6-12,16H,5,13-15H2,1-4H3. The molecule has 0 saturated carbocycles. The first kappa shape index (κ1) is 19.8. The van der Waals surface area contributed by atoms with E-state index in [4.69, 9.17) is 4.74 Å². The molecule has 3 aromatic heterocycles. The lowest BCUT2D eigenvalue weighted by Crippen LogP contribution is -2.43. The second-order valence-corrected chi connectivity index (χ2v) is 8.87. The van der Waals surface area contributed by atoms with Crippen LogP contribution in [0.2, 0.25) is 0 Å². The summed E-state index contributed by atoms with van der Waals surface area (Å²) in [5.41, 5.74) is 6.94. The van der Waals surface area contributed by atoms with E-state index in [0.29, 0.717) is 0 Å². The predicted octanol–water partition coefficient (Wildman–Crippen LogP) is 4.20. The molecule has 0 spiro atoms. The molecule has 31 heavy (non-hydrogen) atoms. The molecule has 7 nitrogen and oxygen atoms in total. The molecule has 0 bridgehead atoms. The highest BCUT2D eigenvalue weighted by atomic mass is 16.5. The highest BCUT2D eigenvalue weighted by molar-refractivity contribution is 5.79. The normalized spacial score (nSPS) is 15.2. The zero-order valence-electron chi connectivity index (χ0n) is 18.5. The van der Waals surface area contributed by atoms with Crippen molar-refractivity contribution >= 4 is 22.5 Å². The highest BCUT2D eigenvalue weighted by Crippen LogP contribution is 2.33. The van der Waals surface area contributed by atoms with Gasteiger partial charge in [-0.1, -0.05) is 19.9 Å². The van der Waals surface area contributed by atoms with Crippen LogP contribution in [0.5, 0.6) is 0 Å². The van der Waals surface area contributed by atoms with Crippen LogP contribution >= 0.6 is 0 Å². The Kier molecular flexibility index (Phi) is 4.78. The summed E-state index contributed by atoms with van der Waals surface area (Å²) >= 11 is 0. The van der Waals surface area contributed by atoms with Crippen LogP contribution in [0, 0.1) is 5.41 Å². The third kappa shape index (κ3) is 3.59. The first-order valence-electron chi connectivity index (χ1n) is 10.7. The van der Waals surface area contributed by atoms with E-state index in [1.165, 1.54) is 11.1 Å². The van der Waals surface area contributed by atoms with Gasteiger partial charge in [-0.25, -0.2) is 9.97 Å². The molecule has 1 fully saturated rings.